The van der Waals surface area contributed by atoms with E-state index in [-0.39, 0.29) is 11.8 Å². The first-order chi connectivity index (χ1) is 20.3. The van der Waals surface area contributed by atoms with Gasteiger partial charge in [0.25, 0.3) is 5.91 Å². The van der Waals surface area contributed by atoms with E-state index < -0.39 is 0 Å². The molecule has 1 saturated heterocycles. The number of anilines is 2. The topological polar surface area (TPSA) is 102 Å². The normalized spacial score (nSPS) is 14.2. The van der Waals surface area contributed by atoms with Gasteiger partial charge in [0.05, 0.1) is 28.0 Å². The summed E-state index contributed by atoms with van der Waals surface area (Å²) in [6, 6.07) is 23.5. The smallest absolute Gasteiger partial charge is 0.257 e. The van der Waals surface area contributed by atoms with Crippen molar-refractivity contribution in [2.75, 3.05) is 43.4 Å². The van der Waals surface area contributed by atoms with Gasteiger partial charge in [-0.1, -0.05) is 30.0 Å². The number of carbonyl (C=O) groups excluding carboxylic acids is 1. The number of aromatic amines is 1. The van der Waals surface area contributed by atoms with E-state index in [4.69, 9.17) is 0 Å². The van der Waals surface area contributed by atoms with Crippen LogP contribution < -0.4 is 10.2 Å². The van der Waals surface area contributed by atoms with E-state index in [1.807, 2.05) is 67.6 Å². The van der Waals surface area contributed by atoms with Crippen molar-refractivity contribution < 1.29 is 9.90 Å². The number of aromatic nitrogens is 3. The fourth-order valence-corrected chi connectivity index (χ4v) is 6.10. The number of hydrogen-bond acceptors (Lipinski definition) is 7. The van der Waals surface area contributed by atoms with Crippen LogP contribution in [-0.2, 0) is 7.05 Å². The number of hydrogen-bond donors (Lipinski definition) is 3. The Bertz CT molecular complexity index is 1770. The molecule has 5 aromatic rings. The molecule has 3 N–H and O–H groups in total. The Morgan fingerprint density at radius 2 is 1.79 bits per heavy atom. The third kappa shape index (κ3) is 5.90. The molecular weight excluding hydrogens is 546 g/mol. The minimum Gasteiger partial charge on any atom is -0.494 e. The van der Waals surface area contributed by atoms with Crippen LogP contribution in [0.1, 0.15) is 21.6 Å². The molecule has 0 saturated carbocycles. The van der Waals surface area contributed by atoms with Crippen molar-refractivity contribution in [1.82, 2.24) is 19.7 Å². The number of aromatic hydroxyl groups is 1. The summed E-state index contributed by atoms with van der Waals surface area (Å²) in [5.41, 5.74) is 4.86. The van der Waals surface area contributed by atoms with Crippen LogP contribution in [0.4, 0.5) is 17.2 Å². The van der Waals surface area contributed by atoms with Gasteiger partial charge in [0, 0.05) is 66.4 Å². The zero-order valence-corrected chi connectivity index (χ0v) is 24.7. The minimum atomic E-state index is -0.199. The van der Waals surface area contributed by atoms with Gasteiger partial charge in [-0.25, -0.2) is 0 Å². The van der Waals surface area contributed by atoms with Crippen molar-refractivity contribution in [2.24, 2.45) is 12.0 Å². The standard InChI is InChI=1S/C32H33N7O2S/c1-21-18-30(38(3)36-21)35-31(40)26-6-4-5-7-29(26)42-24-12-13-25-27(32(41)34-28(25)19-24)20-33-22-8-10-23(11-9-22)39-16-14-37(2)15-17-39/h4-13,18-20,34,41H,14-17H2,1-3H3,(H,35,40). The second-order valence-electron chi connectivity index (χ2n) is 10.5. The average Bonchev–Trinajstić information content (AvgIpc) is 3.48. The van der Waals surface area contributed by atoms with Gasteiger partial charge in [-0.15, -0.1) is 0 Å². The van der Waals surface area contributed by atoms with Crippen LogP contribution in [0.3, 0.4) is 0 Å². The number of nitrogens with zero attached hydrogens (tertiary/aromatic N) is 5. The van der Waals surface area contributed by atoms with E-state index in [1.54, 1.807) is 17.9 Å². The predicted molar refractivity (Wildman–Crippen MR) is 170 cm³/mol. The van der Waals surface area contributed by atoms with Gasteiger partial charge >= 0.3 is 0 Å². The Hall–Kier alpha value is -4.54. The Morgan fingerprint density at radius 3 is 2.52 bits per heavy atom. The number of amides is 1. The highest BCUT2D eigenvalue weighted by Crippen LogP contribution is 2.35. The number of aliphatic imine (C=N–C) groups is 1. The highest BCUT2D eigenvalue weighted by atomic mass is 32.2. The largest absolute Gasteiger partial charge is 0.494 e. The van der Waals surface area contributed by atoms with E-state index in [0.29, 0.717) is 16.9 Å². The molecule has 1 amide bonds. The molecule has 42 heavy (non-hydrogen) atoms. The second kappa shape index (κ2) is 11.8. The molecule has 0 bridgehead atoms. The molecule has 3 heterocycles. The summed E-state index contributed by atoms with van der Waals surface area (Å²) in [7, 11) is 3.95. The Labute approximate surface area is 248 Å². The molecule has 0 atom stereocenters. The highest BCUT2D eigenvalue weighted by Gasteiger charge is 2.16. The lowest BCUT2D eigenvalue weighted by Gasteiger charge is -2.34. The van der Waals surface area contributed by atoms with Crippen LogP contribution in [0.25, 0.3) is 10.9 Å². The van der Waals surface area contributed by atoms with E-state index in [2.05, 4.69) is 49.4 Å². The van der Waals surface area contributed by atoms with Gasteiger partial charge in [0.2, 0.25) is 0 Å². The summed E-state index contributed by atoms with van der Waals surface area (Å²) in [5.74, 6) is 0.506. The highest BCUT2D eigenvalue weighted by molar-refractivity contribution is 7.99. The van der Waals surface area contributed by atoms with E-state index in [1.165, 1.54) is 17.4 Å². The fraction of sp³-hybridized carbons (Fsp3) is 0.219. The molecule has 1 aliphatic rings. The van der Waals surface area contributed by atoms with Gasteiger partial charge in [-0.2, -0.15) is 5.10 Å². The number of nitrogens with one attached hydrogen (secondary N) is 2. The number of aryl methyl sites for hydroxylation is 2. The number of fused-ring (bicyclic) bond motifs is 1. The molecule has 3 aromatic carbocycles. The molecule has 9 nitrogen and oxygen atoms in total. The fourth-order valence-electron chi connectivity index (χ4n) is 5.11. The molecule has 0 spiro atoms. The molecule has 6 rings (SSSR count). The van der Waals surface area contributed by atoms with E-state index >= 15 is 0 Å². The molecule has 1 fully saturated rings. The average molecular weight is 580 g/mol. The Morgan fingerprint density at radius 1 is 1.02 bits per heavy atom. The van der Waals surface area contributed by atoms with Gasteiger partial charge in [-0.05, 0) is 62.5 Å². The molecule has 0 aliphatic carbocycles. The SMILES string of the molecule is Cc1cc(NC(=O)c2ccccc2Sc2ccc3c(C=Nc4ccc(N5CCN(C)CC5)cc4)c(O)[nH]c3c2)n(C)n1. The maximum Gasteiger partial charge on any atom is 0.257 e. The summed E-state index contributed by atoms with van der Waals surface area (Å²) < 4.78 is 1.65. The summed E-state index contributed by atoms with van der Waals surface area (Å²) in [5, 5.41) is 18.8. The van der Waals surface area contributed by atoms with E-state index in [9.17, 15) is 9.90 Å². The van der Waals surface area contributed by atoms with Crippen molar-refractivity contribution in [2.45, 2.75) is 16.7 Å². The molecule has 214 valence electrons. The number of piperazine rings is 1. The number of H-pyrrole nitrogens is 1. The number of benzene rings is 3. The maximum absolute atomic E-state index is 13.1. The Kier molecular flexibility index (Phi) is 7.73. The van der Waals surface area contributed by atoms with Crippen LogP contribution in [0.15, 0.2) is 87.6 Å². The van der Waals surface area contributed by atoms with Crippen LogP contribution in [0.5, 0.6) is 5.88 Å². The van der Waals surface area contributed by atoms with Crippen LogP contribution in [-0.4, -0.2) is 70.1 Å². The Balaban J connectivity index is 1.18. The zero-order valence-electron chi connectivity index (χ0n) is 23.8. The lowest BCUT2D eigenvalue weighted by Crippen LogP contribution is -2.44. The monoisotopic (exact) mass is 579 g/mol. The molecule has 1 aliphatic heterocycles. The number of carbonyl (C=O) groups is 1. The van der Waals surface area contributed by atoms with Crippen molar-refractivity contribution in [3.05, 3.63) is 89.6 Å². The van der Waals surface area contributed by atoms with E-state index in [0.717, 1.165) is 58.3 Å². The predicted octanol–water partition coefficient (Wildman–Crippen LogP) is 5.82. The summed E-state index contributed by atoms with van der Waals surface area (Å²) in [4.78, 5) is 27.3. The van der Waals surface area contributed by atoms with Crippen LogP contribution in [0, 0.1) is 6.92 Å². The van der Waals surface area contributed by atoms with Crippen LogP contribution >= 0.6 is 11.8 Å². The summed E-state index contributed by atoms with van der Waals surface area (Å²) in [6.45, 7) is 6.05. The summed E-state index contributed by atoms with van der Waals surface area (Å²) in [6.07, 6.45) is 1.70. The van der Waals surface area contributed by atoms with Crippen molar-refractivity contribution >= 4 is 52.0 Å². The second-order valence-corrected chi connectivity index (χ2v) is 11.6. The molecule has 0 unspecified atom stereocenters. The first-order valence-electron chi connectivity index (χ1n) is 13.9. The number of likely N-dealkylation sites (N-methyl/N-ethyl adjacent to an activating group) is 1. The minimum absolute atomic E-state index is 0.0659. The van der Waals surface area contributed by atoms with Gasteiger partial charge < -0.3 is 25.2 Å². The van der Waals surface area contributed by atoms with Gasteiger partial charge in [0.15, 0.2) is 5.88 Å². The third-order valence-corrected chi connectivity index (χ3v) is 8.52. The first kappa shape index (κ1) is 27.6. The first-order valence-corrected chi connectivity index (χ1v) is 14.7. The quantitative estimate of drug-likeness (QED) is 0.210. The zero-order chi connectivity index (χ0) is 29.2. The lowest BCUT2D eigenvalue weighted by atomic mass is 10.2. The van der Waals surface area contributed by atoms with Crippen molar-refractivity contribution in [3.63, 3.8) is 0 Å². The number of rotatable bonds is 7. The molecule has 0 radical (unpaired) electrons. The molecule has 2 aromatic heterocycles. The molecular formula is C32H33N7O2S. The third-order valence-electron chi connectivity index (χ3n) is 7.45. The lowest BCUT2D eigenvalue weighted by molar-refractivity contribution is 0.102. The van der Waals surface area contributed by atoms with Crippen LogP contribution in [0.2, 0.25) is 0 Å². The van der Waals surface area contributed by atoms with Crippen molar-refractivity contribution in [3.8, 4) is 5.88 Å². The molecule has 10 heteroatoms. The van der Waals surface area contributed by atoms with Crippen molar-refractivity contribution in [1.29, 1.82) is 0 Å². The summed E-state index contributed by atoms with van der Waals surface area (Å²) >= 11 is 1.49. The maximum atomic E-state index is 13.1. The van der Waals surface area contributed by atoms with Gasteiger partial charge in [-0.3, -0.25) is 14.5 Å². The van der Waals surface area contributed by atoms with Gasteiger partial charge in [0.1, 0.15) is 5.82 Å².